The summed E-state index contributed by atoms with van der Waals surface area (Å²) in [6, 6.07) is 5.07. The molecular weight excluding hydrogens is 280 g/mol. The minimum atomic E-state index is -1.11. The van der Waals surface area contributed by atoms with Crippen LogP contribution in [0.25, 0.3) is 0 Å². The first-order chi connectivity index (χ1) is 9.38. The van der Waals surface area contributed by atoms with Gasteiger partial charge in [-0.2, -0.15) is 0 Å². The maximum absolute atomic E-state index is 10.6. The molecule has 108 valence electrons. The van der Waals surface area contributed by atoms with Gasteiger partial charge in [-0.1, -0.05) is 11.3 Å². The van der Waals surface area contributed by atoms with Crippen molar-refractivity contribution in [3.8, 4) is 0 Å². The van der Waals surface area contributed by atoms with Crippen LogP contribution >= 0.6 is 11.3 Å². The molecule has 0 amide bonds. The standard InChI is InChI=1S/C13H16N2O4S/c1-9-3-4-11(19-9)13(2,16)8-14-6-10-5-12(15(17)18)20-7-10/h3-5,7,14,16H,6,8H2,1-2H3. The molecule has 0 radical (unpaired) electrons. The fourth-order valence-corrected chi connectivity index (χ4v) is 2.54. The van der Waals surface area contributed by atoms with Crippen LogP contribution in [-0.2, 0) is 12.1 Å². The average Bonchev–Trinajstić information content (AvgIpc) is 2.98. The van der Waals surface area contributed by atoms with Crippen molar-refractivity contribution in [1.29, 1.82) is 0 Å². The molecule has 2 aromatic rings. The maximum Gasteiger partial charge on any atom is 0.324 e. The Morgan fingerprint density at radius 2 is 2.30 bits per heavy atom. The third-order valence-corrected chi connectivity index (χ3v) is 3.82. The Bertz CT molecular complexity index is 603. The topological polar surface area (TPSA) is 88.5 Å². The first-order valence-electron chi connectivity index (χ1n) is 6.10. The summed E-state index contributed by atoms with van der Waals surface area (Å²) >= 11 is 1.10. The van der Waals surface area contributed by atoms with Gasteiger partial charge in [-0.3, -0.25) is 10.1 Å². The summed E-state index contributed by atoms with van der Waals surface area (Å²) in [6.45, 7) is 4.23. The first-order valence-corrected chi connectivity index (χ1v) is 6.98. The predicted octanol–water partition coefficient (Wildman–Crippen LogP) is 2.56. The normalized spacial score (nSPS) is 14.2. The third-order valence-electron chi connectivity index (χ3n) is 2.89. The second-order valence-corrected chi connectivity index (χ2v) is 5.73. The van der Waals surface area contributed by atoms with E-state index in [1.165, 1.54) is 6.07 Å². The van der Waals surface area contributed by atoms with Crippen LogP contribution < -0.4 is 5.32 Å². The number of nitrogens with one attached hydrogen (secondary N) is 1. The van der Waals surface area contributed by atoms with Crippen LogP contribution in [0.5, 0.6) is 0 Å². The molecule has 0 aliphatic heterocycles. The summed E-state index contributed by atoms with van der Waals surface area (Å²) < 4.78 is 5.41. The highest BCUT2D eigenvalue weighted by Crippen LogP contribution is 2.24. The Morgan fingerprint density at radius 1 is 1.55 bits per heavy atom. The molecule has 0 saturated heterocycles. The first kappa shape index (κ1) is 14.7. The van der Waals surface area contributed by atoms with Gasteiger partial charge >= 0.3 is 5.00 Å². The molecule has 6 nitrogen and oxygen atoms in total. The van der Waals surface area contributed by atoms with Gasteiger partial charge in [0.25, 0.3) is 0 Å². The Labute approximate surface area is 120 Å². The van der Waals surface area contributed by atoms with Crippen molar-refractivity contribution in [3.05, 3.63) is 50.8 Å². The molecule has 1 atom stereocenters. The van der Waals surface area contributed by atoms with Crippen molar-refractivity contribution in [2.24, 2.45) is 0 Å². The van der Waals surface area contributed by atoms with E-state index in [0.717, 1.165) is 22.7 Å². The number of aryl methyl sites for hydroxylation is 1. The number of furan rings is 1. The van der Waals surface area contributed by atoms with Crippen LogP contribution in [0.2, 0.25) is 0 Å². The number of thiophene rings is 1. The van der Waals surface area contributed by atoms with Crippen molar-refractivity contribution < 1.29 is 14.4 Å². The minimum absolute atomic E-state index is 0.121. The smallest absolute Gasteiger partial charge is 0.324 e. The highest BCUT2D eigenvalue weighted by molar-refractivity contribution is 7.13. The van der Waals surface area contributed by atoms with Crippen LogP contribution in [-0.4, -0.2) is 16.6 Å². The Kier molecular flexibility index (Phi) is 4.22. The number of rotatable bonds is 6. The Morgan fingerprint density at radius 3 is 2.85 bits per heavy atom. The van der Waals surface area contributed by atoms with Gasteiger partial charge in [0.2, 0.25) is 0 Å². The van der Waals surface area contributed by atoms with Gasteiger partial charge in [-0.15, -0.1) is 0 Å². The molecule has 2 N–H and O–H groups in total. The van der Waals surface area contributed by atoms with E-state index in [1.807, 2.05) is 6.92 Å². The zero-order chi connectivity index (χ0) is 14.8. The van der Waals surface area contributed by atoms with Crippen molar-refractivity contribution in [2.75, 3.05) is 6.54 Å². The highest BCUT2D eigenvalue weighted by atomic mass is 32.1. The zero-order valence-corrected chi connectivity index (χ0v) is 12.1. The van der Waals surface area contributed by atoms with Crippen LogP contribution in [0.3, 0.4) is 0 Å². The molecule has 20 heavy (non-hydrogen) atoms. The summed E-state index contributed by atoms with van der Waals surface area (Å²) in [4.78, 5) is 10.2. The van der Waals surface area contributed by atoms with Gasteiger partial charge in [0.05, 0.1) is 4.92 Å². The number of nitro groups is 1. The molecule has 1 unspecified atom stereocenters. The molecule has 0 aromatic carbocycles. The molecule has 0 saturated carbocycles. The minimum Gasteiger partial charge on any atom is -0.463 e. The van der Waals surface area contributed by atoms with E-state index in [4.69, 9.17) is 4.42 Å². The number of hydrogen-bond donors (Lipinski definition) is 2. The molecule has 0 fully saturated rings. The molecule has 0 spiro atoms. The lowest BCUT2D eigenvalue weighted by atomic mass is 10.0. The van der Waals surface area contributed by atoms with E-state index in [2.05, 4.69) is 5.32 Å². The quantitative estimate of drug-likeness (QED) is 0.631. The summed E-state index contributed by atoms with van der Waals surface area (Å²) in [7, 11) is 0. The summed E-state index contributed by atoms with van der Waals surface area (Å²) in [5, 5.41) is 25.8. The van der Waals surface area contributed by atoms with E-state index in [0.29, 0.717) is 18.8 Å². The fourth-order valence-electron chi connectivity index (χ4n) is 1.81. The van der Waals surface area contributed by atoms with Crippen LogP contribution in [0.1, 0.15) is 24.0 Å². The van der Waals surface area contributed by atoms with Crippen molar-refractivity contribution in [3.63, 3.8) is 0 Å². The van der Waals surface area contributed by atoms with E-state index in [1.54, 1.807) is 24.4 Å². The van der Waals surface area contributed by atoms with Crippen molar-refractivity contribution in [2.45, 2.75) is 26.0 Å². The third kappa shape index (κ3) is 3.44. The van der Waals surface area contributed by atoms with Gasteiger partial charge in [0.1, 0.15) is 17.1 Å². The second kappa shape index (κ2) is 5.74. The summed E-state index contributed by atoms with van der Waals surface area (Å²) in [5.74, 6) is 1.24. The van der Waals surface area contributed by atoms with E-state index >= 15 is 0 Å². The lowest BCUT2D eigenvalue weighted by Gasteiger charge is -2.21. The molecule has 0 bridgehead atoms. The van der Waals surface area contributed by atoms with Gasteiger partial charge in [0, 0.05) is 24.5 Å². The molecule has 7 heteroatoms. The second-order valence-electron chi connectivity index (χ2n) is 4.84. The SMILES string of the molecule is Cc1ccc(C(C)(O)CNCc2csc([N+](=O)[O-])c2)o1. The maximum atomic E-state index is 10.6. The van der Waals surface area contributed by atoms with E-state index < -0.39 is 10.5 Å². The lowest BCUT2D eigenvalue weighted by Crippen LogP contribution is -2.34. The van der Waals surface area contributed by atoms with Crippen molar-refractivity contribution >= 4 is 16.3 Å². The molecule has 2 aromatic heterocycles. The highest BCUT2D eigenvalue weighted by Gasteiger charge is 2.26. The van der Waals surface area contributed by atoms with Gasteiger partial charge in [0.15, 0.2) is 0 Å². The zero-order valence-electron chi connectivity index (χ0n) is 11.3. The number of hydrogen-bond acceptors (Lipinski definition) is 6. The van der Waals surface area contributed by atoms with Gasteiger partial charge < -0.3 is 14.8 Å². The van der Waals surface area contributed by atoms with Gasteiger partial charge in [-0.05, 0) is 31.5 Å². The van der Waals surface area contributed by atoms with E-state index in [9.17, 15) is 15.2 Å². The molecule has 2 rings (SSSR count). The summed E-state index contributed by atoms with van der Waals surface area (Å²) in [5.41, 5.74) is -0.288. The van der Waals surface area contributed by atoms with Crippen LogP contribution in [0.15, 0.2) is 28.0 Å². The molecule has 2 heterocycles. The monoisotopic (exact) mass is 296 g/mol. The molecule has 0 aliphatic rings. The molecular formula is C13H16N2O4S. The Hall–Kier alpha value is -1.70. The van der Waals surface area contributed by atoms with Gasteiger partial charge in [-0.25, -0.2) is 0 Å². The number of aliphatic hydroxyl groups is 1. The van der Waals surface area contributed by atoms with Crippen LogP contribution in [0.4, 0.5) is 5.00 Å². The fraction of sp³-hybridized carbons (Fsp3) is 0.385. The predicted molar refractivity (Wildman–Crippen MR) is 75.7 cm³/mol. The number of nitrogens with zero attached hydrogens (tertiary/aromatic N) is 1. The lowest BCUT2D eigenvalue weighted by molar-refractivity contribution is -0.380. The summed E-state index contributed by atoms with van der Waals surface area (Å²) in [6.07, 6.45) is 0. The largest absolute Gasteiger partial charge is 0.463 e. The average molecular weight is 296 g/mol. The van der Waals surface area contributed by atoms with Crippen molar-refractivity contribution in [1.82, 2.24) is 5.32 Å². The van der Waals surface area contributed by atoms with E-state index in [-0.39, 0.29) is 5.00 Å². The Balaban J connectivity index is 1.90. The molecule has 0 aliphatic carbocycles. The van der Waals surface area contributed by atoms with Crippen LogP contribution in [0, 0.1) is 17.0 Å².